The van der Waals surface area contributed by atoms with Gasteiger partial charge in [-0.1, -0.05) is 18.2 Å². The van der Waals surface area contributed by atoms with E-state index in [1.54, 1.807) is 18.2 Å². The summed E-state index contributed by atoms with van der Waals surface area (Å²) >= 11 is 0. The Morgan fingerprint density at radius 3 is 2.78 bits per heavy atom. The zero-order chi connectivity index (χ0) is 13.4. The van der Waals surface area contributed by atoms with Crippen LogP contribution in [0, 0.1) is 0 Å². The second-order valence-corrected chi connectivity index (χ2v) is 3.54. The molecule has 0 spiro atoms. The standard InChI is InChI=1S/C12H16F2N2O2/c1-2-16-11(17)8-15-7-9-5-3-4-6-10(9)18-12(13)14/h3-6,12,15H,2,7-8H2,1H3,(H,16,17). The zero-order valence-electron chi connectivity index (χ0n) is 10.1. The Kier molecular flexibility index (Phi) is 6.07. The second kappa shape index (κ2) is 7.60. The monoisotopic (exact) mass is 258 g/mol. The van der Waals surface area contributed by atoms with Crippen molar-refractivity contribution in [2.24, 2.45) is 0 Å². The van der Waals surface area contributed by atoms with Gasteiger partial charge in [-0.3, -0.25) is 4.79 Å². The van der Waals surface area contributed by atoms with E-state index >= 15 is 0 Å². The van der Waals surface area contributed by atoms with Crippen LogP contribution < -0.4 is 15.4 Å². The molecular formula is C12H16F2N2O2. The minimum absolute atomic E-state index is 0.121. The Hall–Kier alpha value is -1.69. The molecule has 0 heterocycles. The van der Waals surface area contributed by atoms with Crippen LogP contribution in [0.2, 0.25) is 0 Å². The van der Waals surface area contributed by atoms with Gasteiger partial charge >= 0.3 is 6.61 Å². The number of amides is 1. The van der Waals surface area contributed by atoms with Crippen molar-refractivity contribution in [3.63, 3.8) is 0 Å². The molecule has 1 aromatic carbocycles. The van der Waals surface area contributed by atoms with Crippen LogP contribution in [0.15, 0.2) is 24.3 Å². The molecular weight excluding hydrogens is 242 g/mol. The number of benzene rings is 1. The first-order valence-corrected chi connectivity index (χ1v) is 5.63. The highest BCUT2D eigenvalue weighted by atomic mass is 19.3. The first-order chi connectivity index (χ1) is 8.63. The third kappa shape index (κ3) is 5.09. The van der Waals surface area contributed by atoms with Crippen molar-refractivity contribution in [3.8, 4) is 5.75 Å². The molecule has 1 aromatic rings. The molecule has 0 bridgehead atoms. The molecule has 0 unspecified atom stereocenters. The number of carbonyl (C=O) groups is 1. The van der Waals surface area contributed by atoms with Crippen molar-refractivity contribution in [3.05, 3.63) is 29.8 Å². The molecule has 1 amide bonds. The molecule has 6 heteroatoms. The summed E-state index contributed by atoms with van der Waals surface area (Å²) in [5, 5.41) is 5.49. The van der Waals surface area contributed by atoms with Crippen LogP contribution in [-0.4, -0.2) is 25.6 Å². The molecule has 0 atom stereocenters. The summed E-state index contributed by atoms with van der Waals surface area (Å²) in [5.74, 6) is -0.0133. The summed E-state index contributed by atoms with van der Waals surface area (Å²) < 4.78 is 28.7. The van der Waals surface area contributed by atoms with Crippen molar-refractivity contribution in [2.75, 3.05) is 13.1 Å². The first-order valence-electron chi connectivity index (χ1n) is 5.63. The van der Waals surface area contributed by atoms with E-state index in [4.69, 9.17) is 0 Å². The summed E-state index contributed by atoms with van der Waals surface area (Å²) in [6, 6.07) is 6.48. The highest BCUT2D eigenvalue weighted by Crippen LogP contribution is 2.19. The number of carbonyl (C=O) groups excluding carboxylic acids is 1. The quantitative estimate of drug-likeness (QED) is 0.779. The summed E-state index contributed by atoms with van der Waals surface area (Å²) in [4.78, 5) is 11.2. The second-order valence-electron chi connectivity index (χ2n) is 3.54. The molecule has 0 radical (unpaired) electrons. The van der Waals surface area contributed by atoms with E-state index in [1.807, 2.05) is 6.92 Å². The van der Waals surface area contributed by atoms with Crippen molar-refractivity contribution in [1.82, 2.24) is 10.6 Å². The fraction of sp³-hybridized carbons (Fsp3) is 0.417. The molecule has 18 heavy (non-hydrogen) atoms. The van der Waals surface area contributed by atoms with Crippen LogP contribution >= 0.6 is 0 Å². The fourth-order valence-electron chi connectivity index (χ4n) is 1.43. The summed E-state index contributed by atoms with van der Waals surface area (Å²) in [6.45, 7) is -0.0406. The Bertz CT molecular complexity index is 386. The number of rotatable bonds is 7. The average Bonchev–Trinajstić information content (AvgIpc) is 2.31. The lowest BCUT2D eigenvalue weighted by molar-refractivity contribution is -0.120. The van der Waals surface area contributed by atoms with E-state index < -0.39 is 6.61 Å². The largest absolute Gasteiger partial charge is 0.434 e. The van der Waals surface area contributed by atoms with Gasteiger partial charge in [0, 0.05) is 18.7 Å². The molecule has 4 nitrogen and oxygen atoms in total. The molecule has 1 rings (SSSR count). The predicted octanol–water partition coefficient (Wildman–Crippen LogP) is 1.51. The summed E-state index contributed by atoms with van der Waals surface area (Å²) in [5.41, 5.74) is 0.585. The van der Waals surface area contributed by atoms with Crippen molar-refractivity contribution >= 4 is 5.91 Å². The number of nitrogens with one attached hydrogen (secondary N) is 2. The fourth-order valence-corrected chi connectivity index (χ4v) is 1.43. The summed E-state index contributed by atoms with van der Waals surface area (Å²) in [6.07, 6.45) is 0. The van der Waals surface area contributed by atoms with Gasteiger partial charge in [0.15, 0.2) is 0 Å². The molecule has 100 valence electrons. The number of alkyl halides is 2. The maximum atomic E-state index is 12.1. The topological polar surface area (TPSA) is 50.4 Å². The van der Waals surface area contributed by atoms with Crippen LogP contribution in [0.5, 0.6) is 5.75 Å². The lowest BCUT2D eigenvalue weighted by atomic mass is 10.2. The molecule has 0 saturated heterocycles. The summed E-state index contributed by atoms with van der Waals surface area (Å²) in [7, 11) is 0. The van der Waals surface area contributed by atoms with Gasteiger partial charge < -0.3 is 15.4 Å². The number of para-hydroxylation sites is 1. The highest BCUT2D eigenvalue weighted by molar-refractivity contribution is 5.77. The van der Waals surface area contributed by atoms with E-state index in [1.165, 1.54) is 6.07 Å². The Morgan fingerprint density at radius 2 is 2.11 bits per heavy atom. The molecule has 0 aliphatic carbocycles. The highest BCUT2D eigenvalue weighted by Gasteiger charge is 2.08. The molecule has 0 aromatic heterocycles. The van der Waals surface area contributed by atoms with E-state index in [0.717, 1.165) is 0 Å². The van der Waals surface area contributed by atoms with E-state index in [0.29, 0.717) is 18.7 Å². The normalized spacial score (nSPS) is 10.4. The first kappa shape index (κ1) is 14.4. The third-order valence-electron chi connectivity index (χ3n) is 2.16. The maximum absolute atomic E-state index is 12.1. The number of hydrogen-bond donors (Lipinski definition) is 2. The maximum Gasteiger partial charge on any atom is 0.387 e. The van der Waals surface area contributed by atoms with Gasteiger partial charge in [0.05, 0.1) is 6.54 Å². The minimum atomic E-state index is -2.85. The van der Waals surface area contributed by atoms with Gasteiger partial charge in [-0.25, -0.2) is 0 Å². The van der Waals surface area contributed by atoms with Crippen LogP contribution in [-0.2, 0) is 11.3 Å². The zero-order valence-corrected chi connectivity index (χ0v) is 10.1. The van der Waals surface area contributed by atoms with Crippen LogP contribution in [0.4, 0.5) is 8.78 Å². The van der Waals surface area contributed by atoms with E-state index in [-0.39, 0.29) is 18.2 Å². The van der Waals surface area contributed by atoms with Crippen molar-refractivity contribution in [2.45, 2.75) is 20.1 Å². The molecule has 0 fully saturated rings. The van der Waals surface area contributed by atoms with Gasteiger partial charge in [-0.15, -0.1) is 0 Å². The third-order valence-corrected chi connectivity index (χ3v) is 2.16. The van der Waals surface area contributed by atoms with E-state index in [9.17, 15) is 13.6 Å². The molecule has 0 aliphatic heterocycles. The van der Waals surface area contributed by atoms with Crippen LogP contribution in [0.25, 0.3) is 0 Å². The van der Waals surface area contributed by atoms with E-state index in [2.05, 4.69) is 15.4 Å². The Morgan fingerprint density at radius 1 is 1.39 bits per heavy atom. The van der Waals surface area contributed by atoms with Gasteiger partial charge in [0.1, 0.15) is 5.75 Å². The smallest absolute Gasteiger partial charge is 0.387 e. The predicted molar refractivity (Wildman–Crippen MR) is 63.5 cm³/mol. The number of ether oxygens (including phenoxy) is 1. The molecule has 0 aliphatic rings. The lowest BCUT2D eigenvalue weighted by Gasteiger charge is -2.11. The lowest BCUT2D eigenvalue weighted by Crippen LogP contribution is -2.33. The molecule has 0 saturated carbocycles. The SMILES string of the molecule is CCNC(=O)CNCc1ccccc1OC(F)F. The number of likely N-dealkylation sites (N-methyl/N-ethyl adjacent to an activating group) is 1. The number of hydrogen-bond acceptors (Lipinski definition) is 3. The Balaban J connectivity index is 2.48. The van der Waals surface area contributed by atoms with Crippen LogP contribution in [0.1, 0.15) is 12.5 Å². The average molecular weight is 258 g/mol. The van der Waals surface area contributed by atoms with Gasteiger partial charge in [0.2, 0.25) is 5.91 Å². The van der Waals surface area contributed by atoms with Gasteiger partial charge in [-0.2, -0.15) is 8.78 Å². The van der Waals surface area contributed by atoms with Crippen molar-refractivity contribution in [1.29, 1.82) is 0 Å². The Labute approximate surface area is 104 Å². The van der Waals surface area contributed by atoms with Gasteiger partial charge in [0.25, 0.3) is 0 Å². The minimum Gasteiger partial charge on any atom is -0.434 e. The van der Waals surface area contributed by atoms with Crippen LogP contribution in [0.3, 0.4) is 0 Å². The molecule has 2 N–H and O–H groups in total. The van der Waals surface area contributed by atoms with Crippen molar-refractivity contribution < 1.29 is 18.3 Å². The van der Waals surface area contributed by atoms with Gasteiger partial charge in [-0.05, 0) is 13.0 Å². The number of halogens is 2.